The number of hydrogen-bond donors (Lipinski definition) is 2. The van der Waals surface area contributed by atoms with Gasteiger partial charge in [0, 0.05) is 18.9 Å². The van der Waals surface area contributed by atoms with E-state index in [-0.39, 0.29) is 17.8 Å². The van der Waals surface area contributed by atoms with Crippen molar-refractivity contribution in [3.05, 3.63) is 59.2 Å². The van der Waals surface area contributed by atoms with Gasteiger partial charge < -0.3 is 10.6 Å². The lowest BCUT2D eigenvalue weighted by atomic mass is 10.1. The molecule has 5 heteroatoms. The third-order valence-corrected chi connectivity index (χ3v) is 3.32. The Bertz CT molecular complexity index is 658. The van der Waals surface area contributed by atoms with Crippen molar-refractivity contribution in [1.29, 1.82) is 0 Å². The van der Waals surface area contributed by atoms with Gasteiger partial charge in [0.25, 0.3) is 5.91 Å². The molecule has 4 nitrogen and oxygen atoms in total. The number of pyridine rings is 1. The molecule has 0 aliphatic carbocycles. The molecule has 0 spiro atoms. The van der Waals surface area contributed by atoms with Crippen LogP contribution in [0.1, 0.15) is 34.6 Å². The Labute approximate surface area is 123 Å². The Balaban J connectivity index is 2.12. The Morgan fingerprint density at radius 3 is 2.71 bits per heavy atom. The topological polar surface area (TPSA) is 54.0 Å². The summed E-state index contributed by atoms with van der Waals surface area (Å²) in [6, 6.07) is 8.09. The number of hydrogen-bond acceptors (Lipinski definition) is 3. The van der Waals surface area contributed by atoms with Crippen molar-refractivity contribution in [2.75, 3.05) is 12.4 Å². The molecule has 0 saturated carbocycles. The second kappa shape index (κ2) is 6.35. The molecule has 1 aromatic heterocycles. The molecule has 2 rings (SSSR count). The Morgan fingerprint density at radius 2 is 2.05 bits per heavy atom. The predicted octanol–water partition coefficient (Wildman–Crippen LogP) is 3.06. The number of amides is 1. The molecule has 0 radical (unpaired) electrons. The fraction of sp³-hybridized carbons (Fsp3) is 0.250. The maximum Gasteiger partial charge on any atom is 0.270 e. The second-order valence-corrected chi connectivity index (χ2v) is 4.88. The van der Waals surface area contributed by atoms with E-state index in [0.717, 1.165) is 11.3 Å². The quantitative estimate of drug-likeness (QED) is 0.908. The molecule has 1 aromatic carbocycles. The predicted molar refractivity (Wildman–Crippen MR) is 80.8 cm³/mol. The molecule has 2 N–H and O–H groups in total. The standard InChI is InChI=1S/C16H18FN3O/c1-10-4-5-12(8-14(10)17)11(2)20-16(21)15-9-13(18-3)6-7-19-15/h4-9,11H,1-3H3,(H,18,19)(H,20,21). The van der Waals surface area contributed by atoms with Gasteiger partial charge in [0.2, 0.25) is 0 Å². The van der Waals surface area contributed by atoms with E-state index in [1.54, 1.807) is 44.4 Å². The first-order chi connectivity index (χ1) is 10.0. The average Bonchev–Trinajstić information content (AvgIpc) is 2.49. The lowest BCUT2D eigenvalue weighted by Gasteiger charge is -2.15. The van der Waals surface area contributed by atoms with Crippen LogP contribution in [0.25, 0.3) is 0 Å². The number of benzene rings is 1. The minimum absolute atomic E-state index is 0.274. The van der Waals surface area contributed by atoms with E-state index in [4.69, 9.17) is 0 Å². The molecule has 1 unspecified atom stereocenters. The van der Waals surface area contributed by atoms with Gasteiger partial charge in [-0.15, -0.1) is 0 Å². The van der Waals surface area contributed by atoms with E-state index in [9.17, 15) is 9.18 Å². The zero-order valence-electron chi connectivity index (χ0n) is 12.3. The first kappa shape index (κ1) is 15.0. The Hall–Kier alpha value is -2.43. The van der Waals surface area contributed by atoms with Gasteiger partial charge in [-0.1, -0.05) is 12.1 Å². The number of nitrogens with zero attached hydrogens (tertiary/aromatic N) is 1. The number of aryl methyl sites for hydroxylation is 1. The van der Waals surface area contributed by atoms with E-state index < -0.39 is 0 Å². The number of nitrogens with one attached hydrogen (secondary N) is 2. The first-order valence-corrected chi connectivity index (χ1v) is 6.72. The van der Waals surface area contributed by atoms with Crippen molar-refractivity contribution in [3.8, 4) is 0 Å². The zero-order chi connectivity index (χ0) is 15.4. The van der Waals surface area contributed by atoms with Crippen LogP contribution in [0.3, 0.4) is 0 Å². The molecule has 0 aliphatic rings. The molecule has 0 aliphatic heterocycles. The third kappa shape index (κ3) is 3.56. The molecule has 110 valence electrons. The summed E-state index contributed by atoms with van der Waals surface area (Å²) in [4.78, 5) is 16.2. The van der Waals surface area contributed by atoms with Crippen molar-refractivity contribution in [2.45, 2.75) is 19.9 Å². The smallest absolute Gasteiger partial charge is 0.270 e. The summed E-state index contributed by atoms with van der Waals surface area (Å²) < 4.78 is 13.6. The van der Waals surface area contributed by atoms with E-state index in [1.165, 1.54) is 6.07 Å². The highest BCUT2D eigenvalue weighted by atomic mass is 19.1. The molecule has 1 amide bonds. The Kier molecular flexibility index (Phi) is 4.52. The van der Waals surface area contributed by atoms with Crippen LogP contribution in [0.5, 0.6) is 0 Å². The molecule has 1 atom stereocenters. The Morgan fingerprint density at radius 1 is 1.29 bits per heavy atom. The normalized spacial score (nSPS) is 11.8. The maximum atomic E-state index is 13.6. The van der Waals surface area contributed by atoms with Crippen LogP contribution in [0.4, 0.5) is 10.1 Å². The SMILES string of the molecule is CNc1ccnc(C(=O)NC(C)c2ccc(C)c(F)c2)c1. The molecule has 0 saturated heterocycles. The van der Waals surface area contributed by atoms with Crippen molar-refractivity contribution in [1.82, 2.24) is 10.3 Å². The highest BCUT2D eigenvalue weighted by Crippen LogP contribution is 2.17. The van der Waals surface area contributed by atoms with E-state index in [2.05, 4.69) is 15.6 Å². The number of aromatic nitrogens is 1. The highest BCUT2D eigenvalue weighted by molar-refractivity contribution is 5.93. The van der Waals surface area contributed by atoms with Crippen LogP contribution < -0.4 is 10.6 Å². The van der Waals surface area contributed by atoms with Crippen LogP contribution >= 0.6 is 0 Å². The molecule has 21 heavy (non-hydrogen) atoms. The molecular weight excluding hydrogens is 269 g/mol. The van der Waals surface area contributed by atoms with Gasteiger partial charge in [0.05, 0.1) is 6.04 Å². The van der Waals surface area contributed by atoms with Gasteiger partial charge in [-0.05, 0) is 43.2 Å². The minimum Gasteiger partial charge on any atom is -0.388 e. The number of halogens is 1. The fourth-order valence-electron chi connectivity index (χ4n) is 1.94. The van der Waals surface area contributed by atoms with Crippen LogP contribution in [0.15, 0.2) is 36.5 Å². The molecule has 1 heterocycles. The van der Waals surface area contributed by atoms with Gasteiger partial charge in [-0.25, -0.2) is 4.39 Å². The fourth-order valence-corrected chi connectivity index (χ4v) is 1.94. The number of anilines is 1. The molecule has 2 aromatic rings. The summed E-state index contributed by atoms with van der Waals surface area (Å²) in [7, 11) is 1.77. The lowest BCUT2D eigenvalue weighted by Crippen LogP contribution is -2.27. The summed E-state index contributed by atoms with van der Waals surface area (Å²) in [5, 5.41) is 5.77. The number of rotatable bonds is 4. The summed E-state index contributed by atoms with van der Waals surface area (Å²) in [6.07, 6.45) is 1.57. The minimum atomic E-state index is -0.298. The van der Waals surface area contributed by atoms with Crippen LogP contribution in [0, 0.1) is 12.7 Å². The second-order valence-electron chi connectivity index (χ2n) is 4.88. The van der Waals surface area contributed by atoms with Gasteiger partial charge >= 0.3 is 0 Å². The van der Waals surface area contributed by atoms with Gasteiger partial charge in [-0.3, -0.25) is 9.78 Å². The average molecular weight is 287 g/mol. The molecule has 0 bridgehead atoms. The zero-order valence-corrected chi connectivity index (χ0v) is 12.3. The van der Waals surface area contributed by atoms with E-state index in [1.807, 2.05) is 6.92 Å². The molecule has 0 fully saturated rings. The summed E-state index contributed by atoms with van der Waals surface area (Å²) in [5.74, 6) is -0.565. The van der Waals surface area contributed by atoms with E-state index >= 15 is 0 Å². The van der Waals surface area contributed by atoms with E-state index in [0.29, 0.717) is 11.3 Å². The van der Waals surface area contributed by atoms with Crippen LogP contribution in [-0.4, -0.2) is 17.9 Å². The highest BCUT2D eigenvalue weighted by Gasteiger charge is 2.13. The monoisotopic (exact) mass is 287 g/mol. The lowest BCUT2D eigenvalue weighted by molar-refractivity contribution is 0.0935. The molecular formula is C16H18FN3O. The van der Waals surface area contributed by atoms with Gasteiger partial charge in [0.1, 0.15) is 11.5 Å². The number of carbonyl (C=O) groups is 1. The first-order valence-electron chi connectivity index (χ1n) is 6.72. The van der Waals surface area contributed by atoms with Crippen molar-refractivity contribution >= 4 is 11.6 Å². The van der Waals surface area contributed by atoms with Crippen LogP contribution in [-0.2, 0) is 0 Å². The summed E-state index contributed by atoms with van der Waals surface area (Å²) in [5.41, 5.74) is 2.43. The van der Waals surface area contributed by atoms with Crippen LogP contribution in [0.2, 0.25) is 0 Å². The number of carbonyl (C=O) groups excluding carboxylic acids is 1. The summed E-state index contributed by atoms with van der Waals surface area (Å²) in [6.45, 7) is 3.51. The van der Waals surface area contributed by atoms with Crippen molar-refractivity contribution < 1.29 is 9.18 Å². The summed E-state index contributed by atoms with van der Waals surface area (Å²) >= 11 is 0. The largest absolute Gasteiger partial charge is 0.388 e. The third-order valence-electron chi connectivity index (χ3n) is 3.32. The van der Waals surface area contributed by atoms with Crippen molar-refractivity contribution in [3.63, 3.8) is 0 Å². The maximum absolute atomic E-state index is 13.6. The van der Waals surface area contributed by atoms with Gasteiger partial charge in [-0.2, -0.15) is 0 Å². The van der Waals surface area contributed by atoms with Crippen molar-refractivity contribution in [2.24, 2.45) is 0 Å². The van der Waals surface area contributed by atoms with Gasteiger partial charge in [0.15, 0.2) is 0 Å².